The Morgan fingerprint density at radius 1 is 1.28 bits per heavy atom. The molecule has 0 fully saturated rings. The van der Waals surface area contributed by atoms with Crippen molar-refractivity contribution < 1.29 is 8.78 Å². The fraction of sp³-hybridized carbons (Fsp3) is 0.188. The van der Waals surface area contributed by atoms with Crippen molar-refractivity contribution in [3.05, 3.63) is 45.3 Å². The summed E-state index contributed by atoms with van der Waals surface area (Å²) in [5, 5.41) is 8.91. The Balaban J connectivity index is 1.92. The molecule has 2 aliphatic rings. The number of imidazole rings is 1. The summed E-state index contributed by atoms with van der Waals surface area (Å²) in [6.45, 7) is 2.44. The molecule has 5 rings (SSSR count). The predicted octanol–water partition coefficient (Wildman–Crippen LogP) is 1.80. The van der Waals surface area contributed by atoms with Gasteiger partial charge in [-0.15, -0.1) is 0 Å². The fourth-order valence-corrected chi connectivity index (χ4v) is 3.77. The van der Waals surface area contributed by atoms with E-state index in [4.69, 9.17) is 0 Å². The zero-order valence-electron chi connectivity index (χ0n) is 13.0. The number of hydrogen-bond acceptors (Lipinski definition) is 4. The average molecular weight is 405 g/mol. The van der Waals surface area contributed by atoms with Crippen LogP contribution >= 0.6 is 15.9 Å². The summed E-state index contributed by atoms with van der Waals surface area (Å²) >= 11 is 3.12. The van der Waals surface area contributed by atoms with Crippen molar-refractivity contribution in [2.75, 3.05) is 5.32 Å². The maximum atomic E-state index is 14.6. The summed E-state index contributed by atoms with van der Waals surface area (Å²) < 4.78 is 32.8. The van der Waals surface area contributed by atoms with E-state index in [0.29, 0.717) is 24.3 Å². The summed E-state index contributed by atoms with van der Waals surface area (Å²) in [6, 6.07) is 2.59. The third-order valence-corrected chi connectivity index (χ3v) is 5.15. The normalized spacial score (nSPS) is 15.0. The van der Waals surface area contributed by atoms with Crippen LogP contribution in [0, 0.1) is 11.6 Å². The van der Waals surface area contributed by atoms with E-state index in [0.717, 1.165) is 16.7 Å². The van der Waals surface area contributed by atoms with Crippen LogP contribution in [0.4, 0.5) is 14.7 Å². The van der Waals surface area contributed by atoms with Crippen molar-refractivity contribution in [2.45, 2.75) is 19.9 Å². The summed E-state index contributed by atoms with van der Waals surface area (Å²) in [7, 11) is 0. The molecule has 1 N–H and O–H groups in total. The van der Waals surface area contributed by atoms with E-state index < -0.39 is 11.6 Å². The predicted molar refractivity (Wildman–Crippen MR) is 90.7 cm³/mol. The van der Waals surface area contributed by atoms with Crippen molar-refractivity contribution >= 4 is 33.3 Å². The number of nitrogens with one attached hydrogen (secondary N) is 1. The number of halogens is 3. The van der Waals surface area contributed by atoms with Crippen LogP contribution in [0.2, 0.25) is 0 Å². The first-order chi connectivity index (χ1) is 12.1. The van der Waals surface area contributed by atoms with E-state index in [2.05, 4.69) is 36.3 Å². The van der Waals surface area contributed by atoms with Crippen LogP contribution in [0.1, 0.15) is 13.3 Å². The van der Waals surface area contributed by atoms with E-state index in [9.17, 15) is 8.78 Å². The van der Waals surface area contributed by atoms with Crippen molar-refractivity contribution in [3.63, 3.8) is 0 Å². The van der Waals surface area contributed by atoms with Gasteiger partial charge in [-0.1, -0.05) is 0 Å². The van der Waals surface area contributed by atoms with Crippen LogP contribution in [0.25, 0.3) is 22.8 Å². The lowest BCUT2D eigenvalue weighted by atomic mass is 10.2. The molecule has 6 nitrogen and oxygen atoms in total. The maximum absolute atomic E-state index is 14.6. The summed E-state index contributed by atoms with van der Waals surface area (Å²) in [6.07, 6.45) is 2.15. The molecule has 0 unspecified atom stereocenters. The largest absolute Gasteiger partial charge is 0.326 e. The molecule has 0 spiro atoms. The van der Waals surface area contributed by atoms with Gasteiger partial charge in [0, 0.05) is 18.7 Å². The molecule has 0 bridgehead atoms. The van der Waals surface area contributed by atoms with Crippen LogP contribution < -0.4 is 16.0 Å². The third-order valence-electron chi connectivity index (χ3n) is 4.54. The lowest BCUT2D eigenvalue weighted by Crippen LogP contribution is -2.31. The third kappa shape index (κ3) is 1.89. The second-order valence-corrected chi connectivity index (χ2v) is 6.80. The standard InChI is InChI=1S/C16H11BrF2N6/c1-7-13-14-10(25-16(22-7)20-6-21-25)4-5-24(14)15(23-13)11-9(18)3-2-8(17)12(11)19/h2-3,6H,4-5H2,1H3,(H,20,21,22). The van der Waals surface area contributed by atoms with Crippen LogP contribution in [-0.2, 0) is 6.54 Å². The van der Waals surface area contributed by atoms with E-state index in [1.54, 1.807) is 4.68 Å². The SMILES string of the molecule is CC1=c2nc(-c3c(F)ccc(Br)c3F)n3c2=C(CC3)n2ncnc2N1. The topological polar surface area (TPSA) is 60.6 Å². The molecule has 0 aliphatic carbocycles. The molecular weight excluding hydrogens is 394 g/mol. The highest BCUT2D eigenvalue weighted by Gasteiger charge is 2.28. The molecular formula is C16H11BrF2N6. The number of aromatic nitrogens is 5. The fourth-order valence-electron chi connectivity index (χ4n) is 3.44. The van der Waals surface area contributed by atoms with E-state index in [-0.39, 0.29) is 15.9 Å². The number of hydrogen-bond donors (Lipinski definition) is 1. The first kappa shape index (κ1) is 14.8. The molecule has 0 atom stereocenters. The minimum Gasteiger partial charge on any atom is -0.326 e. The number of nitrogens with zero attached hydrogens (tertiary/aromatic N) is 5. The lowest BCUT2D eigenvalue weighted by molar-refractivity contribution is 0.579. The molecule has 9 heteroatoms. The Hall–Kier alpha value is -2.55. The molecule has 3 aromatic rings. The smallest absolute Gasteiger partial charge is 0.230 e. The molecule has 1 aromatic carbocycles. The second kappa shape index (κ2) is 4.98. The van der Waals surface area contributed by atoms with E-state index in [1.165, 1.54) is 18.5 Å². The van der Waals surface area contributed by atoms with Gasteiger partial charge < -0.3 is 9.88 Å². The van der Waals surface area contributed by atoms with Crippen LogP contribution in [0.3, 0.4) is 0 Å². The Bertz CT molecular complexity index is 1180. The molecule has 2 aliphatic heterocycles. The number of benzene rings is 1. The van der Waals surface area contributed by atoms with Crippen molar-refractivity contribution in [1.82, 2.24) is 24.3 Å². The number of fused-ring (bicyclic) bond motifs is 2. The Morgan fingerprint density at radius 3 is 2.96 bits per heavy atom. The molecule has 126 valence electrons. The van der Waals surface area contributed by atoms with Gasteiger partial charge in [0.1, 0.15) is 23.3 Å². The van der Waals surface area contributed by atoms with Gasteiger partial charge in [0.2, 0.25) is 5.95 Å². The van der Waals surface area contributed by atoms with Crippen molar-refractivity contribution in [3.8, 4) is 11.4 Å². The quantitative estimate of drug-likeness (QED) is 0.628. The van der Waals surface area contributed by atoms with E-state index >= 15 is 0 Å². The molecule has 0 radical (unpaired) electrons. The molecule has 0 saturated carbocycles. The Morgan fingerprint density at radius 2 is 2.12 bits per heavy atom. The monoisotopic (exact) mass is 404 g/mol. The van der Waals surface area contributed by atoms with Gasteiger partial charge in [-0.3, -0.25) is 0 Å². The van der Waals surface area contributed by atoms with Crippen molar-refractivity contribution in [2.24, 2.45) is 0 Å². The molecule has 4 heterocycles. The first-order valence-electron chi connectivity index (χ1n) is 7.68. The second-order valence-electron chi connectivity index (χ2n) is 5.94. The molecule has 2 aromatic heterocycles. The zero-order valence-corrected chi connectivity index (χ0v) is 14.6. The highest BCUT2D eigenvalue weighted by molar-refractivity contribution is 9.10. The van der Waals surface area contributed by atoms with Gasteiger partial charge in [-0.25, -0.2) is 18.4 Å². The van der Waals surface area contributed by atoms with Gasteiger partial charge in [-0.2, -0.15) is 10.1 Å². The lowest BCUT2D eigenvalue weighted by Gasteiger charge is -2.07. The number of rotatable bonds is 1. The molecule has 0 saturated heterocycles. The minimum absolute atomic E-state index is 0.129. The Labute approximate surface area is 148 Å². The maximum Gasteiger partial charge on any atom is 0.230 e. The first-order valence-corrected chi connectivity index (χ1v) is 8.47. The van der Waals surface area contributed by atoms with Crippen LogP contribution in [-0.4, -0.2) is 24.3 Å². The summed E-state index contributed by atoms with van der Waals surface area (Å²) in [5.74, 6) is -0.407. The summed E-state index contributed by atoms with van der Waals surface area (Å²) in [4.78, 5) is 8.77. The van der Waals surface area contributed by atoms with Gasteiger partial charge in [0.15, 0.2) is 5.82 Å². The van der Waals surface area contributed by atoms with Gasteiger partial charge >= 0.3 is 0 Å². The molecule has 0 amide bonds. The average Bonchev–Trinajstić information content (AvgIpc) is 3.26. The van der Waals surface area contributed by atoms with Gasteiger partial charge in [0.25, 0.3) is 0 Å². The minimum atomic E-state index is -0.656. The summed E-state index contributed by atoms with van der Waals surface area (Å²) in [5.41, 5.74) is 1.55. The Kier molecular flexibility index (Phi) is 2.94. The highest BCUT2D eigenvalue weighted by Crippen LogP contribution is 2.30. The van der Waals surface area contributed by atoms with Gasteiger partial charge in [-0.05, 0) is 35.0 Å². The zero-order chi connectivity index (χ0) is 17.3. The highest BCUT2D eigenvalue weighted by atomic mass is 79.9. The molecule has 25 heavy (non-hydrogen) atoms. The number of anilines is 1. The van der Waals surface area contributed by atoms with Crippen LogP contribution in [0.15, 0.2) is 22.9 Å². The van der Waals surface area contributed by atoms with Crippen molar-refractivity contribution in [1.29, 1.82) is 0 Å². The van der Waals surface area contributed by atoms with Gasteiger partial charge in [0.05, 0.1) is 21.1 Å². The van der Waals surface area contributed by atoms with Crippen LogP contribution in [0.5, 0.6) is 0 Å². The van der Waals surface area contributed by atoms with E-state index in [1.807, 2.05) is 11.5 Å².